The first kappa shape index (κ1) is 12.8. The zero-order valence-corrected chi connectivity index (χ0v) is 11.3. The lowest BCUT2D eigenvalue weighted by molar-refractivity contribution is 0.235. The summed E-state index contributed by atoms with van der Waals surface area (Å²) in [5.41, 5.74) is 0. The van der Waals surface area contributed by atoms with Crippen LogP contribution in [0.4, 0.5) is 4.79 Å². The third-order valence-electron chi connectivity index (χ3n) is 3.53. The third kappa shape index (κ3) is 3.95. The second-order valence-electron chi connectivity index (χ2n) is 5.21. The number of hydrogen-bond acceptors (Lipinski definition) is 2. The van der Waals surface area contributed by atoms with Gasteiger partial charge in [-0.25, -0.2) is 4.79 Å². The number of carbonyl (C=O) groups is 1. The largest absolute Gasteiger partial charge is 0.337 e. The Labute approximate surface area is 108 Å². The predicted octanol–water partition coefficient (Wildman–Crippen LogP) is 2.68. The molecule has 2 N–H and O–H groups in total. The van der Waals surface area contributed by atoms with Crippen molar-refractivity contribution in [2.24, 2.45) is 0 Å². The molecule has 17 heavy (non-hydrogen) atoms. The van der Waals surface area contributed by atoms with Crippen molar-refractivity contribution < 1.29 is 4.79 Å². The molecule has 2 rings (SSSR count). The second-order valence-corrected chi connectivity index (χ2v) is 6.89. The molecule has 0 aromatic heterocycles. The smallest absolute Gasteiger partial charge is 0.315 e. The van der Waals surface area contributed by atoms with E-state index in [-0.39, 0.29) is 10.8 Å². The van der Waals surface area contributed by atoms with E-state index in [0.717, 1.165) is 25.8 Å². The fourth-order valence-corrected chi connectivity index (χ4v) is 3.65. The Morgan fingerprint density at radius 1 is 1.53 bits per heavy atom. The van der Waals surface area contributed by atoms with Crippen LogP contribution in [0, 0.1) is 0 Å². The molecule has 0 bridgehead atoms. The lowest BCUT2D eigenvalue weighted by Gasteiger charge is -2.25. The Morgan fingerprint density at radius 3 is 3.06 bits per heavy atom. The molecule has 0 spiro atoms. The summed E-state index contributed by atoms with van der Waals surface area (Å²) in [4.78, 5) is 11.8. The Kier molecular flexibility index (Phi) is 4.37. The van der Waals surface area contributed by atoms with Crippen molar-refractivity contribution in [3.8, 4) is 0 Å². The number of allylic oxidation sites excluding steroid dienone is 1. The first-order valence-corrected chi connectivity index (χ1v) is 7.50. The van der Waals surface area contributed by atoms with Gasteiger partial charge in [0, 0.05) is 17.3 Å². The van der Waals surface area contributed by atoms with E-state index in [4.69, 9.17) is 0 Å². The minimum Gasteiger partial charge on any atom is -0.337 e. The minimum absolute atomic E-state index is 0.000903. The molecule has 2 unspecified atom stereocenters. The molecular weight excluding hydrogens is 232 g/mol. The van der Waals surface area contributed by atoms with E-state index in [1.165, 1.54) is 18.6 Å². The van der Waals surface area contributed by atoms with Gasteiger partial charge >= 0.3 is 6.03 Å². The molecule has 1 fully saturated rings. The van der Waals surface area contributed by atoms with Gasteiger partial charge in [-0.05, 0) is 44.8 Å². The van der Waals surface area contributed by atoms with Crippen LogP contribution >= 0.6 is 11.8 Å². The van der Waals surface area contributed by atoms with Crippen LogP contribution in [0.1, 0.15) is 39.0 Å². The first-order chi connectivity index (χ1) is 8.18. The summed E-state index contributed by atoms with van der Waals surface area (Å²) in [5.74, 6) is 1.23. The predicted molar refractivity (Wildman–Crippen MR) is 73.4 cm³/mol. The van der Waals surface area contributed by atoms with Crippen molar-refractivity contribution >= 4 is 17.8 Å². The maximum Gasteiger partial charge on any atom is 0.315 e. The summed E-state index contributed by atoms with van der Waals surface area (Å²) >= 11 is 1.98. The van der Waals surface area contributed by atoms with E-state index in [0.29, 0.717) is 6.04 Å². The van der Waals surface area contributed by atoms with E-state index in [1.807, 2.05) is 11.8 Å². The van der Waals surface area contributed by atoms with Crippen LogP contribution in [0.2, 0.25) is 0 Å². The third-order valence-corrected chi connectivity index (χ3v) is 5.07. The van der Waals surface area contributed by atoms with Gasteiger partial charge in [-0.3, -0.25) is 0 Å². The van der Waals surface area contributed by atoms with Crippen LogP contribution in [-0.4, -0.2) is 29.1 Å². The molecule has 2 amide bonds. The Bertz CT molecular complexity index is 298. The van der Waals surface area contributed by atoms with Gasteiger partial charge in [0.2, 0.25) is 0 Å². The van der Waals surface area contributed by atoms with Crippen LogP contribution in [0.15, 0.2) is 12.2 Å². The van der Waals surface area contributed by atoms with Crippen LogP contribution < -0.4 is 10.6 Å². The number of amides is 2. The lowest BCUT2D eigenvalue weighted by Crippen LogP contribution is -2.46. The van der Waals surface area contributed by atoms with Crippen LogP contribution in [0.5, 0.6) is 0 Å². The van der Waals surface area contributed by atoms with Gasteiger partial charge in [0.1, 0.15) is 0 Å². The standard InChI is InChI=1S/C13H22N2OS/c1-13(8-5-9-17-13)10-14-12(16)15-11-6-3-2-4-7-11/h2-3,11H,4-10H2,1H3,(H2,14,15,16). The van der Waals surface area contributed by atoms with Crippen molar-refractivity contribution in [2.75, 3.05) is 12.3 Å². The Balaban J connectivity index is 1.68. The molecule has 0 radical (unpaired) electrons. The maximum absolute atomic E-state index is 11.8. The molecule has 1 saturated heterocycles. The number of rotatable bonds is 3. The molecule has 4 heteroatoms. The van der Waals surface area contributed by atoms with Gasteiger partial charge in [-0.15, -0.1) is 0 Å². The summed E-state index contributed by atoms with van der Waals surface area (Å²) in [6, 6.07) is 0.322. The van der Waals surface area contributed by atoms with E-state index in [2.05, 4.69) is 29.7 Å². The summed E-state index contributed by atoms with van der Waals surface area (Å²) in [6.45, 7) is 3.03. The van der Waals surface area contributed by atoms with Crippen LogP contribution in [-0.2, 0) is 0 Å². The zero-order valence-electron chi connectivity index (χ0n) is 10.5. The summed E-state index contributed by atoms with van der Waals surface area (Å²) < 4.78 is 0.254. The summed E-state index contributed by atoms with van der Waals surface area (Å²) in [5, 5.41) is 6.07. The number of urea groups is 1. The molecule has 2 aliphatic rings. The molecule has 0 saturated carbocycles. The average molecular weight is 254 g/mol. The van der Waals surface area contributed by atoms with Gasteiger partial charge in [0.05, 0.1) is 0 Å². The summed E-state index contributed by atoms with van der Waals surface area (Å²) in [6.07, 6.45) is 9.95. The molecule has 1 heterocycles. The molecule has 0 aromatic carbocycles. The molecule has 0 aromatic rings. The van der Waals surface area contributed by atoms with Crippen molar-refractivity contribution in [3.63, 3.8) is 0 Å². The van der Waals surface area contributed by atoms with Gasteiger partial charge in [-0.2, -0.15) is 11.8 Å². The highest BCUT2D eigenvalue weighted by atomic mass is 32.2. The second kappa shape index (κ2) is 5.80. The molecule has 3 nitrogen and oxygen atoms in total. The fraction of sp³-hybridized carbons (Fsp3) is 0.769. The Hall–Kier alpha value is -0.640. The van der Waals surface area contributed by atoms with Crippen LogP contribution in [0.3, 0.4) is 0 Å². The number of carbonyl (C=O) groups excluding carboxylic acids is 1. The zero-order chi connectivity index (χ0) is 12.1. The topological polar surface area (TPSA) is 41.1 Å². The Morgan fingerprint density at radius 2 is 2.41 bits per heavy atom. The van der Waals surface area contributed by atoms with Crippen molar-refractivity contribution in [1.29, 1.82) is 0 Å². The highest BCUT2D eigenvalue weighted by Gasteiger charge is 2.29. The van der Waals surface area contributed by atoms with Crippen LogP contribution in [0.25, 0.3) is 0 Å². The monoisotopic (exact) mass is 254 g/mol. The van der Waals surface area contributed by atoms with Gasteiger partial charge in [0.25, 0.3) is 0 Å². The van der Waals surface area contributed by atoms with Gasteiger partial charge in [0.15, 0.2) is 0 Å². The minimum atomic E-state index is -0.000903. The van der Waals surface area contributed by atoms with E-state index in [9.17, 15) is 4.79 Å². The van der Waals surface area contributed by atoms with Gasteiger partial charge in [-0.1, -0.05) is 12.2 Å². The van der Waals surface area contributed by atoms with E-state index >= 15 is 0 Å². The normalized spacial score (nSPS) is 32.4. The quantitative estimate of drug-likeness (QED) is 0.760. The number of nitrogens with one attached hydrogen (secondary N) is 2. The SMILES string of the molecule is CC1(CNC(=O)NC2CC=CCC2)CCCS1. The van der Waals surface area contributed by atoms with E-state index < -0.39 is 0 Å². The molecule has 2 atom stereocenters. The van der Waals surface area contributed by atoms with Gasteiger partial charge < -0.3 is 10.6 Å². The van der Waals surface area contributed by atoms with E-state index in [1.54, 1.807) is 0 Å². The van der Waals surface area contributed by atoms with Crippen molar-refractivity contribution in [1.82, 2.24) is 10.6 Å². The molecule has 96 valence electrons. The molecule has 1 aliphatic carbocycles. The maximum atomic E-state index is 11.8. The first-order valence-electron chi connectivity index (χ1n) is 6.51. The van der Waals surface area contributed by atoms with Crippen molar-refractivity contribution in [3.05, 3.63) is 12.2 Å². The highest BCUT2D eigenvalue weighted by Crippen LogP contribution is 2.36. The number of thioether (sulfide) groups is 1. The van der Waals surface area contributed by atoms with Crippen molar-refractivity contribution in [2.45, 2.75) is 49.8 Å². The fourth-order valence-electron chi connectivity index (χ4n) is 2.40. The molecular formula is C13H22N2OS. The summed E-state index contributed by atoms with van der Waals surface area (Å²) in [7, 11) is 0. The molecule has 1 aliphatic heterocycles. The highest BCUT2D eigenvalue weighted by molar-refractivity contribution is 8.00. The average Bonchev–Trinajstić information content (AvgIpc) is 2.76. The lowest BCUT2D eigenvalue weighted by atomic mass is 10.0. The number of hydrogen-bond donors (Lipinski definition) is 2.